The molecule has 0 radical (unpaired) electrons. The van der Waals surface area contributed by atoms with E-state index in [1.54, 1.807) is 0 Å². The van der Waals surface area contributed by atoms with Crippen molar-refractivity contribution in [2.75, 3.05) is 13.1 Å². The van der Waals surface area contributed by atoms with E-state index in [0.29, 0.717) is 17.9 Å². The smallest absolute Gasteiger partial charge is 0.273 e. The Morgan fingerprint density at radius 1 is 1.26 bits per heavy atom. The molecule has 3 rings (SSSR count). The van der Waals surface area contributed by atoms with Gasteiger partial charge in [0.2, 0.25) is 0 Å². The largest absolute Gasteiger partial charge is 0.448 e. The van der Waals surface area contributed by atoms with Crippen molar-refractivity contribution in [3.8, 4) is 0 Å². The minimum atomic E-state index is -0.0803. The molecule has 2 heterocycles. The molecular weight excluding hydrogens is 290 g/mol. The number of nitrogens with one attached hydrogen (secondary N) is 1. The number of likely N-dealkylation sites (tertiary alicyclic amines) is 1. The average Bonchev–Trinajstić information content (AvgIpc) is 2.89. The lowest BCUT2D eigenvalue weighted by atomic mass is 9.99. The zero-order valence-electron chi connectivity index (χ0n) is 14.2. The average molecular weight is 319 g/mol. The maximum Gasteiger partial charge on any atom is 0.273 e. The highest BCUT2D eigenvalue weighted by atomic mass is 16.3. The molecule has 1 aromatic heterocycles. The van der Waals surface area contributed by atoms with Gasteiger partial charge in [-0.15, -0.1) is 0 Å². The highest BCUT2D eigenvalue weighted by Gasteiger charge is 2.28. The van der Waals surface area contributed by atoms with Gasteiger partial charge < -0.3 is 9.73 Å². The summed E-state index contributed by atoms with van der Waals surface area (Å²) in [5.74, 6) is 0.599. The highest BCUT2D eigenvalue weighted by molar-refractivity contribution is 5.93. The standard InChI is InChI=1S/C18H29N3O2/c1-2-16-17(19-13-23-16)18(22)20-14-8-7-11-21(12-14)15-9-5-3-4-6-10-15/h13-15H,2-12H2,1H3,(H,20,22)/t14-/m0/s1. The molecule has 1 amide bonds. The van der Waals surface area contributed by atoms with Crippen molar-refractivity contribution in [1.82, 2.24) is 15.2 Å². The molecular formula is C18H29N3O2. The minimum Gasteiger partial charge on any atom is -0.448 e. The zero-order valence-corrected chi connectivity index (χ0v) is 14.2. The molecule has 1 aliphatic heterocycles. The summed E-state index contributed by atoms with van der Waals surface area (Å²) in [6.45, 7) is 4.14. The molecule has 0 aromatic carbocycles. The SMILES string of the molecule is CCc1ocnc1C(=O)N[C@H]1CCCN(C2CCCCCC2)C1. The van der Waals surface area contributed by atoms with Crippen molar-refractivity contribution in [2.45, 2.75) is 76.8 Å². The maximum absolute atomic E-state index is 12.4. The van der Waals surface area contributed by atoms with E-state index in [1.807, 2.05) is 6.92 Å². The van der Waals surface area contributed by atoms with Crippen molar-refractivity contribution in [3.63, 3.8) is 0 Å². The molecule has 5 heteroatoms. The molecule has 23 heavy (non-hydrogen) atoms. The quantitative estimate of drug-likeness (QED) is 0.866. The van der Waals surface area contributed by atoms with Gasteiger partial charge in [0.1, 0.15) is 5.76 Å². The Labute approximate surface area is 138 Å². The topological polar surface area (TPSA) is 58.4 Å². The van der Waals surface area contributed by atoms with Gasteiger partial charge in [-0.2, -0.15) is 0 Å². The van der Waals surface area contributed by atoms with Gasteiger partial charge >= 0.3 is 0 Å². The highest BCUT2D eigenvalue weighted by Crippen LogP contribution is 2.24. The predicted molar refractivity (Wildman–Crippen MR) is 89.4 cm³/mol. The Bertz CT molecular complexity index is 506. The van der Waals surface area contributed by atoms with Crippen LogP contribution in [0.1, 0.15) is 74.5 Å². The fraction of sp³-hybridized carbons (Fsp3) is 0.778. The maximum atomic E-state index is 12.4. The monoisotopic (exact) mass is 319 g/mol. The van der Waals surface area contributed by atoms with Crippen LogP contribution in [0.15, 0.2) is 10.8 Å². The van der Waals surface area contributed by atoms with Gasteiger partial charge in [-0.05, 0) is 32.2 Å². The van der Waals surface area contributed by atoms with Gasteiger partial charge in [0.15, 0.2) is 12.1 Å². The Hall–Kier alpha value is -1.36. The second-order valence-corrected chi connectivity index (χ2v) is 6.93. The van der Waals surface area contributed by atoms with Gasteiger partial charge in [0.05, 0.1) is 0 Å². The zero-order chi connectivity index (χ0) is 16.1. The van der Waals surface area contributed by atoms with E-state index in [4.69, 9.17) is 4.42 Å². The fourth-order valence-corrected chi connectivity index (χ4v) is 4.04. The van der Waals surface area contributed by atoms with Gasteiger partial charge in [0, 0.05) is 25.0 Å². The van der Waals surface area contributed by atoms with Crippen LogP contribution < -0.4 is 5.32 Å². The van der Waals surface area contributed by atoms with Crippen LogP contribution in [0.25, 0.3) is 0 Å². The minimum absolute atomic E-state index is 0.0803. The van der Waals surface area contributed by atoms with Gasteiger partial charge in [0.25, 0.3) is 5.91 Å². The number of amides is 1. The first-order valence-electron chi connectivity index (χ1n) is 9.25. The molecule has 1 atom stereocenters. The third-order valence-electron chi connectivity index (χ3n) is 5.31. The lowest BCUT2D eigenvalue weighted by molar-refractivity contribution is 0.0854. The van der Waals surface area contributed by atoms with Crippen molar-refractivity contribution >= 4 is 5.91 Å². The first-order valence-corrected chi connectivity index (χ1v) is 9.25. The second kappa shape index (κ2) is 7.95. The van der Waals surface area contributed by atoms with Gasteiger partial charge in [-0.1, -0.05) is 32.6 Å². The molecule has 2 fully saturated rings. The third kappa shape index (κ3) is 4.14. The Kier molecular flexibility index (Phi) is 5.70. The van der Waals surface area contributed by atoms with E-state index in [2.05, 4.69) is 15.2 Å². The summed E-state index contributed by atoms with van der Waals surface area (Å²) >= 11 is 0. The summed E-state index contributed by atoms with van der Waals surface area (Å²) in [4.78, 5) is 19.1. The van der Waals surface area contributed by atoms with E-state index < -0.39 is 0 Å². The van der Waals surface area contributed by atoms with Crippen molar-refractivity contribution in [3.05, 3.63) is 17.8 Å². The Balaban J connectivity index is 1.57. The summed E-state index contributed by atoms with van der Waals surface area (Å²) in [5.41, 5.74) is 0.457. The number of piperidine rings is 1. The molecule has 0 spiro atoms. The van der Waals surface area contributed by atoms with Gasteiger partial charge in [-0.25, -0.2) is 4.98 Å². The van der Waals surface area contributed by atoms with E-state index in [0.717, 1.165) is 19.0 Å². The Morgan fingerprint density at radius 2 is 2.04 bits per heavy atom. The number of carbonyl (C=O) groups is 1. The fourth-order valence-electron chi connectivity index (χ4n) is 4.04. The van der Waals surface area contributed by atoms with Crippen molar-refractivity contribution in [2.24, 2.45) is 0 Å². The molecule has 1 saturated heterocycles. The molecule has 128 valence electrons. The van der Waals surface area contributed by atoms with E-state index in [-0.39, 0.29) is 11.9 Å². The van der Waals surface area contributed by atoms with E-state index in [1.165, 1.54) is 57.9 Å². The van der Waals surface area contributed by atoms with Crippen molar-refractivity contribution in [1.29, 1.82) is 0 Å². The number of oxazole rings is 1. The summed E-state index contributed by atoms with van der Waals surface area (Å²) in [6, 6.07) is 0.955. The van der Waals surface area contributed by atoms with Gasteiger partial charge in [-0.3, -0.25) is 9.69 Å². The summed E-state index contributed by atoms with van der Waals surface area (Å²) in [7, 11) is 0. The second-order valence-electron chi connectivity index (χ2n) is 6.93. The van der Waals surface area contributed by atoms with E-state index in [9.17, 15) is 4.79 Å². The van der Waals surface area contributed by atoms with E-state index >= 15 is 0 Å². The molecule has 0 unspecified atom stereocenters. The summed E-state index contributed by atoms with van der Waals surface area (Å²) in [5, 5.41) is 3.18. The van der Waals surface area contributed by atoms with Crippen molar-refractivity contribution < 1.29 is 9.21 Å². The number of rotatable bonds is 4. The molecule has 1 N–H and O–H groups in total. The predicted octanol–water partition coefficient (Wildman–Crippen LogP) is 3.15. The normalized spacial score (nSPS) is 24.3. The van der Waals surface area contributed by atoms with Crippen LogP contribution in [-0.4, -0.2) is 41.0 Å². The third-order valence-corrected chi connectivity index (χ3v) is 5.31. The lowest BCUT2D eigenvalue weighted by Gasteiger charge is -2.38. The van der Waals surface area contributed by atoms with Crippen LogP contribution in [-0.2, 0) is 6.42 Å². The van der Waals surface area contributed by atoms with Crippen LogP contribution in [0.2, 0.25) is 0 Å². The number of aryl methyl sites for hydroxylation is 1. The Morgan fingerprint density at radius 3 is 2.78 bits per heavy atom. The number of hydrogen-bond acceptors (Lipinski definition) is 4. The van der Waals surface area contributed by atoms with Crippen LogP contribution in [0.5, 0.6) is 0 Å². The first kappa shape index (κ1) is 16.5. The number of carbonyl (C=O) groups excluding carboxylic acids is 1. The number of hydrogen-bond donors (Lipinski definition) is 1. The number of nitrogens with zero attached hydrogens (tertiary/aromatic N) is 2. The summed E-state index contributed by atoms with van der Waals surface area (Å²) in [6.07, 6.45) is 12.4. The molecule has 1 aliphatic carbocycles. The number of aromatic nitrogens is 1. The molecule has 1 aromatic rings. The molecule has 2 aliphatic rings. The van der Waals surface area contributed by atoms with Crippen LogP contribution in [0.4, 0.5) is 0 Å². The molecule has 0 bridgehead atoms. The molecule has 1 saturated carbocycles. The molecule has 5 nitrogen and oxygen atoms in total. The lowest BCUT2D eigenvalue weighted by Crippen LogP contribution is -2.51. The summed E-state index contributed by atoms with van der Waals surface area (Å²) < 4.78 is 5.27. The van der Waals surface area contributed by atoms with Crippen LogP contribution in [0, 0.1) is 0 Å². The van der Waals surface area contributed by atoms with Crippen LogP contribution >= 0.6 is 0 Å². The first-order chi connectivity index (χ1) is 11.3. The van der Waals surface area contributed by atoms with Crippen LogP contribution in [0.3, 0.4) is 0 Å².